The van der Waals surface area contributed by atoms with Crippen molar-refractivity contribution in [1.29, 1.82) is 0 Å². The Labute approximate surface area is 114 Å². The molecule has 0 bridgehead atoms. The number of aliphatic hydroxyl groups is 1. The first-order valence-electron chi connectivity index (χ1n) is 4.59. The summed E-state index contributed by atoms with van der Waals surface area (Å²) in [5.41, 5.74) is 0.378. The molecule has 0 radical (unpaired) electrons. The highest BCUT2D eigenvalue weighted by atomic mass is 79.9. The molecule has 1 aromatic rings. The minimum absolute atomic E-state index is 0.378. The molecule has 0 saturated carbocycles. The molecular weight excluding hydrogens is 332 g/mol. The second kappa shape index (κ2) is 5.14. The lowest BCUT2D eigenvalue weighted by Crippen LogP contribution is -2.32. The van der Waals surface area contributed by atoms with Crippen molar-refractivity contribution in [3.63, 3.8) is 0 Å². The summed E-state index contributed by atoms with van der Waals surface area (Å²) >= 11 is 8.65. The van der Waals surface area contributed by atoms with Gasteiger partial charge in [-0.3, -0.25) is 0 Å². The quantitative estimate of drug-likeness (QED) is 0.850. The number of aliphatic hydroxyl groups excluding tert-OH is 1. The van der Waals surface area contributed by atoms with E-state index in [2.05, 4.69) is 15.9 Å². The normalized spacial score (nSPS) is 17.2. The van der Waals surface area contributed by atoms with Gasteiger partial charge in [0.15, 0.2) is 9.84 Å². The highest BCUT2D eigenvalue weighted by Crippen LogP contribution is 2.42. The third kappa shape index (κ3) is 3.13. The first-order valence-corrected chi connectivity index (χ1v) is 7.66. The number of hydrogen-bond donors (Lipinski definition) is 1. The number of hydrogen-bond acceptors (Lipinski definition) is 4. The first kappa shape index (κ1) is 14.8. The van der Waals surface area contributed by atoms with Crippen molar-refractivity contribution < 1.29 is 18.3 Å². The standard InChI is InChI=1S/C10H12BrClO4S/c1-16-8-5-3-7(4-6-8)9(13)10(11,12)17(2,14)15/h3-6,9,13H,1-2H3/t9-,10+/m1/s1. The van der Waals surface area contributed by atoms with E-state index in [0.717, 1.165) is 6.26 Å². The molecule has 0 saturated heterocycles. The first-order chi connectivity index (χ1) is 7.70. The van der Waals surface area contributed by atoms with Crippen molar-refractivity contribution in [2.75, 3.05) is 13.4 Å². The van der Waals surface area contributed by atoms with Crippen molar-refractivity contribution >= 4 is 37.4 Å². The van der Waals surface area contributed by atoms with Gasteiger partial charge in [-0.05, 0) is 33.6 Å². The molecule has 0 spiro atoms. The predicted octanol–water partition coefficient (Wildman–Crippen LogP) is 2.06. The highest BCUT2D eigenvalue weighted by Gasteiger charge is 2.44. The molecule has 1 N–H and O–H groups in total. The summed E-state index contributed by atoms with van der Waals surface area (Å²) < 4.78 is 25.9. The lowest BCUT2D eigenvalue weighted by molar-refractivity contribution is 0.185. The third-order valence-corrected chi connectivity index (χ3v) is 6.70. The molecule has 0 amide bonds. The minimum Gasteiger partial charge on any atom is -0.497 e. The number of ether oxygens (including phenoxy) is 1. The van der Waals surface area contributed by atoms with E-state index in [1.54, 1.807) is 24.3 Å². The van der Waals surface area contributed by atoms with E-state index in [1.807, 2.05) is 0 Å². The summed E-state index contributed by atoms with van der Waals surface area (Å²) in [7, 11) is -2.15. The van der Waals surface area contributed by atoms with Gasteiger partial charge in [-0.15, -0.1) is 0 Å². The average Bonchev–Trinajstić information content (AvgIpc) is 2.26. The smallest absolute Gasteiger partial charge is 0.228 e. The number of benzene rings is 1. The minimum atomic E-state index is -3.66. The lowest BCUT2D eigenvalue weighted by Gasteiger charge is -2.24. The molecule has 0 unspecified atom stereocenters. The summed E-state index contributed by atoms with van der Waals surface area (Å²) in [5, 5.41) is 9.95. The zero-order valence-corrected chi connectivity index (χ0v) is 12.4. The van der Waals surface area contributed by atoms with Crippen LogP contribution in [0.15, 0.2) is 24.3 Å². The van der Waals surface area contributed by atoms with Gasteiger partial charge < -0.3 is 9.84 Å². The maximum atomic E-state index is 11.4. The Morgan fingerprint density at radius 1 is 1.41 bits per heavy atom. The van der Waals surface area contributed by atoms with Crippen LogP contribution in [0, 0.1) is 0 Å². The Balaban J connectivity index is 3.08. The Morgan fingerprint density at radius 2 is 1.88 bits per heavy atom. The van der Waals surface area contributed by atoms with Gasteiger partial charge in [0.2, 0.25) is 3.12 Å². The van der Waals surface area contributed by atoms with Gasteiger partial charge in [-0.2, -0.15) is 0 Å². The van der Waals surface area contributed by atoms with Crippen molar-refractivity contribution in [2.45, 2.75) is 9.22 Å². The SMILES string of the molecule is COc1ccc([C@@H](O)[C@@](Cl)(Br)S(C)(=O)=O)cc1. The Hall–Kier alpha value is -0.300. The zero-order valence-electron chi connectivity index (χ0n) is 9.22. The van der Waals surface area contributed by atoms with Crippen LogP contribution in [0.1, 0.15) is 11.7 Å². The Bertz CT molecular complexity index is 484. The van der Waals surface area contributed by atoms with Crippen LogP contribution in [0.4, 0.5) is 0 Å². The molecule has 7 heteroatoms. The number of sulfone groups is 1. The van der Waals surface area contributed by atoms with Crippen molar-refractivity contribution in [1.82, 2.24) is 0 Å². The van der Waals surface area contributed by atoms with Crippen LogP contribution in [-0.2, 0) is 9.84 Å². The van der Waals surface area contributed by atoms with E-state index in [0.29, 0.717) is 11.3 Å². The summed E-state index contributed by atoms with van der Waals surface area (Å²) in [6, 6.07) is 6.32. The lowest BCUT2D eigenvalue weighted by atomic mass is 10.1. The second-order valence-corrected chi connectivity index (χ2v) is 8.75. The molecular formula is C10H12BrClO4S. The van der Waals surface area contributed by atoms with E-state index in [-0.39, 0.29) is 0 Å². The van der Waals surface area contributed by atoms with Crippen molar-refractivity contribution in [3.8, 4) is 5.75 Å². The fourth-order valence-corrected chi connectivity index (χ4v) is 2.11. The number of rotatable bonds is 4. The van der Waals surface area contributed by atoms with Gasteiger partial charge in [0, 0.05) is 6.26 Å². The Kier molecular flexibility index (Phi) is 4.46. The third-order valence-electron chi connectivity index (χ3n) is 2.24. The van der Waals surface area contributed by atoms with Crippen molar-refractivity contribution in [3.05, 3.63) is 29.8 Å². The van der Waals surface area contributed by atoms with Crippen LogP contribution >= 0.6 is 27.5 Å². The molecule has 96 valence electrons. The molecule has 0 aromatic heterocycles. The monoisotopic (exact) mass is 342 g/mol. The predicted molar refractivity (Wildman–Crippen MR) is 70.3 cm³/mol. The summed E-state index contributed by atoms with van der Waals surface area (Å²) in [6.45, 7) is 0. The molecule has 0 aliphatic heterocycles. The molecule has 0 fully saturated rings. The molecule has 1 aromatic carbocycles. The van der Waals surface area contributed by atoms with Crippen LogP contribution in [0.2, 0.25) is 0 Å². The molecule has 0 heterocycles. The average molecular weight is 344 g/mol. The molecule has 2 atom stereocenters. The maximum Gasteiger partial charge on any atom is 0.228 e. The fraction of sp³-hybridized carbons (Fsp3) is 0.400. The van der Waals surface area contributed by atoms with Gasteiger partial charge in [-0.25, -0.2) is 8.42 Å². The summed E-state index contributed by atoms with van der Waals surface area (Å²) in [6.07, 6.45) is -0.438. The fourth-order valence-electron chi connectivity index (χ4n) is 1.18. The summed E-state index contributed by atoms with van der Waals surface area (Å²) in [4.78, 5) is 0. The topological polar surface area (TPSA) is 63.6 Å². The molecule has 0 aliphatic rings. The zero-order chi connectivity index (χ0) is 13.3. The van der Waals surface area contributed by atoms with Crippen LogP contribution in [0.3, 0.4) is 0 Å². The van der Waals surface area contributed by atoms with Gasteiger partial charge in [0.05, 0.1) is 7.11 Å². The molecule has 1 rings (SSSR count). The summed E-state index contributed by atoms with van der Waals surface area (Å²) in [5.74, 6) is 0.607. The van der Waals surface area contributed by atoms with E-state index < -0.39 is 19.1 Å². The molecule has 0 aliphatic carbocycles. The van der Waals surface area contributed by atoms with Gasteiger partial charge in [0.1, 0.15) is 11.9 Å². The number of halogens is 2. The van der Waals surface area contributed by atoms with Gasteiger partial charge in [0.25, 0.3) is 0 Å². The second-order valence-electron chi connectivity index (χ2n) is 3.51. The number of alkyl halides is 2. The van der Waals surface area contributed by atoms with E-state index >= 15 is 0 Å². The number of methoxy groups -OCH3 is 1. The van der Waals surface area contributed by atoms with E-state index in [1.165, 1.54) is 7.11 Å². The largest absolute Gasteiger partial charge is 0.497 e. The maximum absolute atomic E-state index is 11.4. The van der Waals surface area contributed by atoms with E-state index in [9.17, 15) is 13.5 Å². The molecule has 4 nitrogen and oxygen atoms in total. The van der Waals surface area contributed by atoms with Crippen LogP contribution < -0.4 is 4.74 Å². The van der Waals surface area contributed by atoms with Gasteiger partial charge in [-0.1, -0.05) is 23.7 Å². The van der Waals surface area contributed by atoms with Crippen LogP contribution in [-0.4, -0.2) is 30.0 Å². The van der Waals surface area contributed by atoms with Gasteiger partial charge >= 0.3 is 0 Å². The Morgan fingerprint density at radius 3 is 2.24 bits per heavy atom. The van der Waals surface area contributed by atoms with Crippen molar-refractivity contribution in [2.24, 2.45) is 0 Å². The van der Waals surface area contributed by atoms with E-state index in [4.69, 9.17) is 16.3 Å². The highest BCUT2D eigenvalue weighted by molar-refractivity contribution is 9.12. The molecule has 17 heavy (non-hydrogen) atoms. The van der Waals surface area contributed by atoms with Crippen LogP contribution in [0.25, 0.3) is 0 Å². The van der Waals surface area contributed by atoms with Crippen LogP contribution in [0.5, 0.6) is 5.75 Å².